The monoisotopic (exact) mass is 84.0 g/mol. The summed E-state index contributed by atoms with van der Waals surface area (Å²) < 4.78 is 0. The van der Waals surface area contributed by atoms with E-state index in [0.717, 1.165) is 0 Å². The van der Waals surface area contributed by atoms with Gasteiger partial charge >= 0.3 is 0 Å². The van der Waals surface area contributed by atoms with Crippen LogP contribution in [0.25, 0.3) is 0 Å². The molecule has 0 atom stereocenters. The van der Waals surface area contributed by atoms with Crippen LogP contribution in [0.1, 0.15) is 0 Å². The normalized spacial score (nSPS) is 3.00. The van der Waals surface area contributed by atoms with Crippen LogP contribution in [0.15, 0.2) is 0 Å². The largest absolute Gasteiger partial charge is 0.124 e. The second-order valence-corrected chi connectivity index (χ2v) is 1.06. The van der Waals surface area contributed by atoms with E-state index in [2.05, 4.69) is 10.7 Å². The first-order valence-electron chi connectivity index (χ1n) is 0.957. The van der Waals surface area contributed by atoms with Gasteiger partial charge in [-0.3, -0.25) is 0 Å². The van der Waals surface area contributed by atoms with Gasteiger partial charge in [-0.1, -0.05) is 0 Å². The van der Waals surface area contributed by atoms with Crippen molar-refractivity contribution in [1.29, 1.82) is 0 Å². The number of rotatable bonds is 0. The Morgan fingerprint density at radius 1 is 1.00 bits per heavy atom. The first kappa shape index (κ1) is 3.99. The van der Waals surface area contributed by atoms with Gasteiger partial charge in [-0.05, 0) is 0 Å². The molecule has 0 aliphatic heterocycles. The van der Waals surface area contributed by atoms with E-state index in [1.165, 1.54) is 0 Å². The van der Waals surface area contributed by atoms with Gasteiger partial charge in [-0.15, -0.1) is 10.7 Å². The van der Waals surface area contributed by atoms with Gasteiger partial charge in [0.25, 0.3) is 0 Å². The van der Waals surface area contributed by atoms with Gasteiger partial charge < -0.3 is 0 Å². The Kier molecular flexibility index (Phi) is 2.99. The molecule has 0 heterocycles. The molecular formula is C2H4Si2. The lowest BCUT2D eigenvalue weighted by atomic mass is 11.3. The minimum atomic E-state index is 1.67. The van der Waals surface area contributed by atoms with Gasteiger partial charge in [-0.2, -0.15) is 0 Å². The van der Waals surface area contributed by atoms with E-state index in [4.69, 9.17) is 0 Å². The van der Waals surface area contributed by atoms with Crippen molar-refractivity contribution in [1.82, 2.24) is 0 Å². The van der Waals surface area contributed by atoms with Crippen LogP contribution in [0, 0.1) is 0 Å². The van der Waals surface area contributed by atoms with Gasteiger partial charge in [0.15, 0.2) is 0 Å². The predicted octanol–water partition coefficient (Wildman–Crippen LogP) is -2.39. The molecule has 0 rings (SSSR count). The van der Waals surface area contributed by atoms with Crippen LogP contribution in [0.5, 0.6) is 0 Å². The fourth-order valence-electron chi connectivity index (χ4n) is 0. The van der Waals surface area contributed by atoms with E-state index >= 15 is 0 Å². The molecule has 0 saturated carbocycles. The van der Waals surface area contributed by atoms with Crippen molar-refractivity contribution in [2.75, 3.05) is 0 Å². The van der Waals surface area contributed by atoms with Crippen molar-refractivity contribution >= 4 is 30.4 Å². The average molecular weight is 84.2 g/mol. The van der Waals surface area contributed by atoms with Gasteiger partial charge in [0.05, 0.1) is 0 Å². The Hall–Kier alpha value is -0.00623. The Morgan fingerprint density at radius 2 is 1.25 bits per heavy atom. The van der Waals surface area contributed by atoms with Crippen LogP contribution in [0.2, 0.25) is 0 Å². The second kappa shape index (κ2) is 2.99. The van der Waals surface area contributed by atoms with E-state index in [0.29, 0.717) is 0 Å². The maximum atomic E-state index is 2.72. The Balaban J connectivity index is 3.95. The van der Waals surface area contributed by atoms with Gasteiger partial charge in [0.1, 0.15) is 0 Å². The molecule has 0 aliphatic rings. The van der Waals surface area contributed by atoms with Crippen molar-refractivity contribution < 1.29 is 0 Å². The van der Waals surface area contributed by atoms with Crippen LogP contribution >= 0.6 is 0 Å². The van der Waals surface area contributed by atoms with E-state index in [1.54, 1.807) is 19.7 Å². The molecule has 0 N–H and O–H groups in total. The Bertz CT molecular complexity index is 54.1. The van der Waals surface area contributed by atoms with Crippen LogP contribution in [-0.2, 0) is 0 Å². The molecule has 0 fully saturated rings. The van der Waals surface area contributed by atoms with Crippen LogP contribution in [-0.4, -0.2) is 30.4 Å². The molecule has 0 aromatic heterocycles. The first-order chi connectivity index (χ1) is 1.91. The Labute approximate surface area is 31.2 Å². The molecule has 0 radical (unpaired) electrons. The van der Waals surface area contributed by atoms with E-state index in [9.17, 15) is 0 Å². The molecule has 0 amide bonds. The van der Waals surface area contributed by atoms with Crippen molar-refractivity contribution in [3.05, 3.63) is 0 Å². The molecule has 0 saturated heterocycles. The molecule has 20 valence electrons. The summed E-state index contributed by atoms with van der Waals surface area (Å²) in [4.78, 5) is 0. The lowest BCUT2D eigenvalue weighted by Crippen LogP contribution is -1.45. The Morgan fingerprint density at radius 3 is 1.25 bits per heavy atom. The van der Waals surface area contributed by atoms with Gasteiger partial charge in [-0.25, -0.2) is 0 Å². The molecule has 0 aliphatic carbocycles. The molecule has 0 nitrogen and oxygen atoms in total. The molecule has 0 aromatic carbocycles. The van der Waals surface area contributed by atoms with E-state index < -0.39 is 0 Å². The lowest BCUT2D eigenvalue weighted by molar-refractivity contribution is 4.01. The zero-order chi connectivity index (χ0) is 3.41. The highest BCUT2D eigenvalue weighted by atomic mass is 28.1. The molecule has 0 unspecified atom stereocenters. The summed E-state index contributed by atoms with van der Waals surface area (Å²) in [5.74, 6) is 0. The standard InChI is InChI=1S/C2H4Si2/c3-1-2-4/h3-4H2. The summed E-state index contributed by atoms with van der Waals surface area (Å²) in [7, 11) is 3.34. The summed E-state index contributed by atoms with van der Waals surface area (Å²) in [6, 6.07) is 0. The molecular weight excluding hydrogens is 80.2 g/mol. The SMILES string of the molecule is [SiH2]=C=C=[SiH2]. The topological polar surface area (TPSA) is 0 Å². The van der Waals surface area contributed by atoms with Crippen LogP contribution in [0.4, 0.5) is 0 Å². The quantitative estimate of drug-likeness (QED) is 0.287. The summed E-state index contributed by atoms with van der Waals surface area (Å²) in [6.07, 6.45) is 0. The summed E-state index contributed by atoms with van der Waals surface area (Å²) >= 11 is 0. The fraction of sp³-hybridized carbons (Fsp3) is 0. The summed E-state index contributed by atoms with van der Waals surface area (Å²) in [5, 5.41) is 5.44. The number of hydrogen-bond donors (Lipinski definition) is 0. The van der Waals surface area contributed by atoms with E-state index in [1.807, 2.05) is 0 Å². The van der Waals surface area contributed by atoms with Crippen molar-refractivity contribution in [3.63, 3.8) is 0 Å². The highest BCUT2D eigenvalue weighted by Crippen LogP contribution is 0.840. The van der Waals surface area contributed by atoms with Crippen LogP contribution in [0.3, 0.4) is 0 Å². The predicted molar refractivity (Wildman–Crippen MR) is 27.1 cm³/mol. The third-order valence-electron chi connectivity index (χ3n) is 0.125. The van der Waals surface area contributed by atoms with Crippen molar-refractivity contribution in [2.24, 2.45) is 0 Å². The minimum Gasteiger partial charge on any atom is -0.124 e. The zero-order valence-electron chi connectivity index (χ0n) is 2.41. The van der Waals surface area contributed by atoms with Gasteiger partial charge in [0, 0.05) is 19.7 Å². The maximum absolute atomic E-state index is 2.72. The third kappa shape index (κ3) is 1.99. The number of hydrogen-bond acceptors (Lipinski definition) is 0. The molecule has 2 heteroatoms. The fourth-order valence-corrected chi connectivity index (χ4v) is 0. The third-order valence-corrected chi connectivity index (χ3v) is 1.12. The van der Waals surface area contributed by atoms with Crippen LogP contribution < -0.4 is 0 Å². The first-order valence-corrected chi connectivity index (χ1v) is 2.37. The highest BCUT2D eigenvalue weighted by molar-refractivity contribution is 6.44. The maximum Gasteiger partial charge on any atom is 0.0436 e. The lowest BCUT2D eigenvalue weighted by Gasteiger charge is -1.22. The average Bonchev–Trinajstić information content (AvgIpc) is 1.37. The molecule has 4 heavy (non-hydrogen) atoms. The smallest absolute Gasteiger partial charge is 0.0436 e. The minimum absolute atomic E-state index is 1.67. The summed E-state index contributed by atoms with van der Waals surface area (Å²) in [5.41, 5.74) is 0. The highest BCUT2D eigenvalue weighted by Gasteiger charge is 1.07. The molecule has 0 aromatic rings. The van der Waals surface area contributed by atoms with Crippen molar-refractivity contribution in [2.45, 2.75) is 0 Å². The van der Waals surface area contributed by atoms with Crippen molar-refractivity contribution in [3.8, 4) is 0 Å². The molecule has 0 spiro atoms. The zero-order valence-corrected chi connectivity index (χ0v) is 5.24. The molecule has 0 bridgehead atoms. The van der Waals surface area contributed by atoms with E-state index in [-0.39, 0.29) is 0 Å². The van der Waals surface area contributed by atoms with Gasteiger partial charge in [0.2, 0.25) is 0 Å². The summed E-state index contributed by atoms with van der Waals surface area (Å²) in [6.45, 7) is 0. The second-order valence-electron chi connectivity index (χ2n) is 0.354.